The van der Waals surface area contributed by atoms with Crippen LogP contribution in [-0.2, 0) is 9.53 Å². The summed E-state index contributed by atoms with van der Waals surface area (Å²) in [5.74, 6) is -2.49. The predicted octanol–water partition coefficient (Wildman–Crippen LogP) is 1.95. The van der Waals surface area contributed by atoms with Gasteiger partial charge in [-0.25, -0.2) is 14.2 Å². The van der Waals surface area contributed by atoms with Gasteiger partial charge < -0.3 is 24.6 Å². The third kappa shape index (κ3) is 4.55. The van der Waals surface area contributed by atoms with Gasteiger partial charge in [-0.2, -0.15) is 0 Å². The smallest absolute Gasteiger partial charge is 0.330 e. The third-order valence-electron chi connectivity index (χ3n) is 4.20. The highest BCUT2D eigenvalue weighted by molar-refractivity contribution is 5.97. The molecule has 2 heterocycles. The van der Waals surface area contributed by atoms with Crippen molar-refractivity contribution in [2.24, 2.45) is 0 Å². The zero-order valence-electron chi connectivity index (χ0n) is 15.1. The second-order valence-corrected chi connectivity index (χ2v) is 6.12. The Balaban J connectivity index is 1.75. The van der Waals surface area contributed by atoms with Gasteiger partial charge in [0.05, 0.1) is 20.3 Å². The number of benzene rings is 1. The molecule has 148 valence electrons. The SMILES string of the molecule is COc1ccc(C(NC(=O)c2ccnc(OC3CCOC3)c2)C(=O)O)cc1F. The molecule has 8 nitrogen and oxygen atoms in total. The number of carbonyl (C=O) groups excluding carboxylic acids is 1. The van der Waals surface area contributed by atoms with E-state index in [2.05, 4.69) is 10.3 Å². The maximum atomic E-state index is 13.9. The van der Waals surface area contributed by atoms with E-state index >= 15 is 0 Å². The maximum Gasteiger partial charge on any atom is 0.330 e. The van der Waals surface area contributed by atoms with Gasteiger partial charge in [-0.3, -0.25) is 4.79 Å². The Hall–Kier alpha value is -3.20. The van der Waals surface area contributed by atoms with E-state index in [1.165, 1.54) is 37.6 Å². The monoisotopic (exact) mass is 390 g/mol. The molecule has 0 spiro atoms. The molecule has 2 unspecified atom stereocenters. The lowest BCUT2D eigenvalue weighted by Crippen LogP contribution is -2.33. The third-order valence-corrected chi connectivity index (χ3v) is 4.20. The van der Waals surface area contributed by atoms with E-state index in [1.807, 2.05) is 0 Å². The molecule has 9 heteroatoms. The highest BCUT2D eigenvalue weighted by atomic mass is 19.1. The summed E-state index contributed by atoms with van der Waals surface area (Å²) in [4.78, 5) is 28.2. The van der Waals surface area contributed by atoms with Gasteiger partial charge in [-0.15, -0.1) is 0 Å². The number of halogens is 1. The predicted molar refractivity (Wildman–Crippen MR) is 94.9 cm³/mol. The number of methoxy groups -OCH3 is 1. The van der Waals surface area contributed by atoms with Crippen molar-refractivity contribution >= 4 is 11.9 Å². The molecular weight excluding hydrogens is 371 g/mol. The van der Waals surface area contributed by atoms with Crippen molar-refractivity contribution in [3.05, 3.63) is 53.5 Å². The molecule has 1 aromatic carbocycles. The first-order chi connectivity index (χ1) is 13.5. The Kier molecular flexibility index (Phi) is 6.05. The Labute approximate surface area is 160 Å². The lowest BCUT2D eigenvalue weighted by Gasteiger charge is -2.16. The van der Waals surface area contributed by atoms with Gasteiger partial charge in [0.1, 0.15) is 6.10 Å². The van der Waals surface area contributed by atoms with Gasteiger partial charge in [0.15, 0.2) is 17.6 Å². The molecule has 0 saturated carbocycles. The number of amides is 1. The standard InChI is InChI=1S/C19H19FN2O6/c1-26-15-3-2-11(8-14(15)20)17(19(24)25)22-18(23)12-4-6-21-16(9-12)28-13-5-7-27-10-13/h2-4,6,8-9,13,17H,5,7,10H2,1H3,(H,22,23)(H,24,25). The Morgan fingerprint density at radius 3 is 2.82 bits per heavy atom. The molecule has 1 aliphatic rings. The van der Waals surface area contributed by atoms with Crippen LogP contribution in [0.5, 0.6) is 11.6 Å². The molecule has 2 aromatic rings. The van der Waals surface area contributed by atoms with Gasteiger partial charge in [0.25, 0.3) is 5.91 Å². The number of nitrogens with zero attached hydrogens (tertiary/aromatic N) is 1. The van der Waals surface area contributed by atoms with E-state index in [-0.39, 0.29) is 28.9 Å². The number of aliphatic carboxylic acids is 1. The Morgan fingerprint density at radius 2 is 2.18 bits per heavy atom. The van der Waals surface area contributed by atoms with Crippen LogP contribution in [0.25, 0.3) is 0 Å². The fraction of sp³-hybridized carbons (Fsp3) is 0.316. The lowest BCUT2D eigenvalue weighted by molar-refractivity contribution is -0.139. The first kappa shape index (κ1) is 19.6. The van der Waals surface area contributed by atoms with Gasteiger partial charge in [0, 0.05) is 24.2 Å². The number of ether oxygens (including phenoxy) is 3. The van der Waals surface area contributed by atoms with Crippen LogP contribution in [0.4, 0.5) is 4.39 Å². The van der Waals surface area contributed by atoms with Crippen LogP contribution in [0.1, 0.15) is 28.4 Å². The van der Waals surface area contributed by atoms with Gasteiger partial charge in [0.2, 0.25) is 5.88 Å². The van der Waals surface area contributed by atoms with Crippen LogP contribution in [0.2, 0.25) is 0 Å². The minimum Gasteiger partial charge on any atom is -0.494 e. The number of aromatic nitrogens is 1. The number of hydrogen-bond donors (Lipinski definition) is 2. The molecule has 1 amide bonds. The first-order valence-electron chi connectivity index (χ1n) is 8.55. The van der Waals surface area contributed by atoms with E-state index in [9.17, 15) is 19.1 Å². The zero-order chi connectivity index (χ0) is 20.1. The molecule has 2 atom stereocenters. The minimum atomic E-state index is -1.44. The number of hydrogen-bond acceptors (Lipinski definition) is 6. The summed E-state index contributed by atoms with van der Waals surface area (Å²) in [5, 5.41) is 11.8. The summed E-state index contributed by atoms with van der Waals surface area (Å²) in [5.41, 5.74) is 0.247. The number of rotatable bonds is 7. The van der Waals surface area contributed by atoms with Gasteiger partial charge in [-0.1, -0.05) is 6.07 Å². The van der Waals surface area contributed by atoms with Crippen LogP contribution in [0.3, 0.4) is 0 Å². The fourth-order valence-electron chi connectivity index (χ4n) is 2.76. The normalized spacial score (nSPS) is 17.0. The molecular formula is C19H19FN2O6. The zero-order valence-corrected chi connectivity index (χ0v) is 15.1. The van der Waals surface area contributed by atoms with E-state index in [0.717, 1.165) is 12.5 Å². The van der Waals surface area contributed by atoms with Crippen molar-refractivity contribution in [1.82, 2.24) is 10.3 Å². The second kappa shape index (κ2) is 8.66. The van der Waals surface area contributed by atoms with E-state index in [1.54, 1.807) is 0 Å². The molecule has 1 aliphatic heterocycles. The fourth-order valence-corrected chi connectivity index (χ4v) is 2.76. The summed E-state index contributed by atoms with van der Waals surface area (Å²) in [7, 11) is 1.30. The van der Waals surface area contributed by atoms with Crippen molar-refractivity contribution < 1.29 is 33.3 Å². The van der Waals surface area contributed by atoms with Crippen molar-refractivity contribution in [3.63, 3.8) is 0 Å². The average Bonchev–Trinajstić information content (AvgIpc) is 3.18. The molecule has 0 radical (unpaired) electrons. The summed E-state index contributed by atoms with van der Waals surface area (Å²) in [6, 6.07) is 5.10. The quantitative estimate of drug-likeness (QED) is 0.744. The molecule has 3 rings (SSSR count). The van der Waals surface area contributed by atoms with Crippen LogP contribution in [0.15, 0.2) is 36.5 Å². The molecule has 28 heavy (non-hydrogen) atoms. The van der Waals surface area contributed by atoms with Crippen molar-refractivity contribution in [2.75, 3.05) is 20.3 Å². The summed E-state index contributed by atoms with van der Waals surface area (Å²) >= 11 is 0. The highest BCUT2D eigenvalue weighted by Gasteiger charge is 2.25. The van der Waals surface area contributed by atoms with Crippen molar-refractivity contribution in [2.45, 2.75) is 18.6 Å². The number of carboxylic acids is 1. The number of carbonyl (C=O) groups is 2. The average molecular weight is 390 g/mol. The molecule has 1 aromatic heterocycles. The van der Waals surface area contributed by atoms with Crippen molar-refractivity contribution in [3.8, 4) is 11.6 Å². The van der Waals surface area contributed by atoms with E-state index in [0.29, 0.717) is 13.2 Å². The molecule has 2 N–H and O–H groups in total. The van der Waals surface area contributed by atoms with Crippen LogP contribution < -0.4 is 14.8 Å². The first-order valence-corrected chi connectivity index (χ1v) is 8.55. The number of nitrogens with one attached hydrogen (secondary N) is 1. The van der Waals surface area contributed by atoms with Crippen LogP contribution in [0, 0.1) is 5.82 Å². The number of pyridine rings is 1. The Bertz CT molecular complexity index is 869. The van der Waals surface area contributed by atoms with Crippen LogP contribution >= 0.6 is 0 Å². The molecule has 0 aliphatic carbocycles. The highest BCUT2D eigenvalue weighted by Crippen LogP contribution is 2.23. The van der Waals surface area contributed by atoms with E-state index < -0.39 is 23.7 Å². The largest absolute Gasteiger partial charge is 0.494 e. The minimum absolute atomic E-state index is 0.0222. The Morgan fingerprint density at radius 1 is 1.36 bits per heavy atom. The lowest BCUT2D eigenvalue weighted by atomic mass is 10.1. The van der Waals surface area contributed by atoms with E-state index in [4.69, 9.17) is 14.2 Å². The summed E-state index contributed by atoms with van der Waals surface area (Å²) in [6.45, 7) is 1.05. The second-order valence-electron chi connectivity index (χ2n) is 6.12. The van der Waals surface area contributed by atoms with Crippen LogP contribution in [-0.4, -0.2) is 48.4 Å². The molecule has 1 saturated heterocycles. The van der Waals surface area contributed by atoms with Gasteiger partial charge >= 0.3 is 5.97 Å². The van der Waals surface area contributed by atoms with Crippen molar-refractivity contribution in [1.29, 1.82) is 0 Å². The topological polar surface area (TPSA) is 107 Å². The molecule has 1 fully saturated rings. The number of carboxylic acid groups (broad SMARTS) is 1. The maximum absolute atomic E-state index is 13.9. The molecule has 0 bridgehead atoms. The summed E-state index contributed by atoms with van der Waals surface area (Å²) < 4.78 is 29.6. The summed E-state index contributed by atoms with van der Waals surface area (Å²) in [6.07, 6.45) is 1.98. The van der Waals surface area contributed by atoms with Gasteiger partial charge in [-0.05, 0) is 23.8 Å².